The van der Waals surface area contributed by atoms with E-state index in [1.807, 2.05) is 0 Å². The van der Waals surface area contributed by atoms with Gasteiger partial charge in [0.15, 0.2) is 0 Å². The summed E-state index contributed by atoms with van der Waals surface area (Å²) in [6.45, 7) is -2.67. The van der Waals surface area contributed by atoms with E-state index in [1.165, 1.54) is 11.4 Å². The summed E-state index contributed by atoms with van der Waals surface area (Å²) in [5, 5.41) is 9.94. The van der Waals surface area contributed by atoms with Crippen molar-refractivity contribution in [2.75, 3.05) is 13.1 Å². The molecule has 0 atom stereocenters. The third-order valence-corrected chi connectivity index (χ3v) is 3.12. The van der Waals surface area contributed by atoms with Gasteiger partial charge in [0.2, 0.25) is 0 Å². The third kappa shape index (κ3) is 4.19. The quantitative estimate of drug-likeness (QED) is 0.929. The molecular weight excluding hydrogens is 295 g/mol. The molecule has 0 aliphatic carbocycles. The maximum Gasteiger partial charge on any atom is 0.406 e. The van der Waals surface area contributed by atoms with Gasteiger partial charge in [0.05, 0.1) is 5.02 Å². The molecule has 0 saturated carbocycles. The molecule has 0 aromatic carbocycles. The van der Waals surface area contributed by atoms with Gasteiger partial charge < -0.3 is 10.0 Å². The second kappa shape index (κ2) is 5.57. The highest BCUT2D eigenvalue weighted by molar-refractivity contribution is 7.12. The molecule has 100 valence electrons. The molecule has 18 heavy (non-hydrogen) atoms. The number of carbonyl (C=O) groups is 2. The van der Waals surface area contributed by atoms with Crippen molar-refractivity contribution in [2.45, 2.75) is 6.18 Å². The van der Waals surface area contributed by atoms with Gasteiger partial charge in [-0.15, -0.1) is 11.3 Å². The van der Waals surface area contributed by atoms with E-state index >= 15 is 0 Å². The lowest BCUT2D eigenvalue weighted by atomic mass is 10.3. The zero-order valence-corrected chi connectivity index (χ0v) is 10.3. The Labute approximate surface area is 109 Å². The van der Waals surface area contributed by atoms with Gasteiger partial charge in [-0.25, -0.2) is 0 Å². The minimum Gasteiger partial charge on any atom is -0.480 e. The number of amides is 1. The van der Waals surface area contributed by atoms with Crippen molar-refractivity contribution < 1.29 is 27.9 Å². The molecular formula is C9H7ClF3NO3S. The number of halogens is 4. The molecule has 0 fully saturated rings. The van der Waals surface area contributed by atoms with Crippen LogP contribution in [0.25, 0.3) is 0 Å². The van der Waals surface area contributed by atoms with Gasteiger partial charge in [0.1, 0.15) is 18.0 Å². The number of alkyl halides is 3. The molecule has 1 aromatic rings. The van der Waals surface area contributed by atoms with Crippen molar-refractivity contribution in [1.29, 1.82) is 0 Å². The highest BCUT2D eigenvalue weighted by Crippen LogP contribution is 2.25. The van der Waals surface area contributed by atoms with Crippen LogP contribution >= 0.6 is 22.9 Å². The van der Waals surface area contributed by atoms with Crippen LogP contribution in [0.1, 0.15) is 9.67 Å². The molecule has 0 aliphatic rings. The van der Waals surface area contributed by atoms with E-state index in [2.05, 4.69) is 0 Å². The maximum absolute atomic E-state index is 12.2. The Kier molecular flexibility index (Phi) is 4.58. The number of rotatable bonds is 4. The number of carboxylic acid groups (broad SMARTS) is 1. The third-order valence-electron chi connectivity index (χ3n) is 1.79. The molecule has 1 heterocycles. The minimum absolute atomic E-state index is 0.00237. The fraction of sp³-hybridized carbons (Fsp3) is 0.333. The van der Waals surface area contributed by atoms with Crippen molar-refractivity contribution in [3.05, 3.63) is 21.3 Å². The molecule has 1 amide bonds. The van der Waals surface area contributed by atoms with Gasteiger partial charge in [-0.05, 0) is 11.4 Å². The summed E-state index contributed by atoms with van der Waals surface area (Å²) >= 11 is 6.48. The van der Waals surface area contributed by atoms with Gasteiger partial charge in [0, 0.05) is 0 Å². The first-order valence-electron chi connectivity index (χ1n) is 4.51. The van der Waals surface area contributed by atoms with Crippen LogP contribution in [-0.4, -0.2) is 41.1 Å². The van der Waals surface area contributed by atoms with Crippen LogP contribution in [0.2, 0.25) is 5.02 Å². The molecule has 0 spiro atoms. The first-order valence-corrected chi connectivity index (χ1v) is 5.77. The minimum atomic E-state index is -4.67. The van der Waals surface area contributed by atoms with Crippen LogP contribution in [0.4, 0.5) is 13.2 Å². The van der Waals surface area contributed by atoms with E-state index in [-0.39, 0.29) is 14.8 Å². The Bertz CT molecular complexity index is 460. The Morgan fingerprint density at radius 2 is 2.06 bits per heavy atom. The molecule has 1 N–H and O–H groups in total. The summed E-state index contributed by atoms with van der Waals surface area (Å²) in [7, 11) is 0. The Morgan fingerprint density at radius 3 is 2.44 bits per heavy atom. The molecule has 1 aromatic heterocycles. The average molecular weight is 302 g/mol. The Morgan fingerprint density at radius 1 is 1.44 bits per heavy atom. The number of thiophene rings is 1. The Balaban J connectivity index is 2.93. The molecule has 9 heteroatoms. The van der Waals surface area contributed by atoms with Crippen LogP contribution in [-0.2, 0) is 4.79 Å². The lowest BCUT2D eigenvalue weighted by Crippen LogP contribution is -2.41. The van der Waals surface area contributed by atoms with E-state index < -0.39 is 31.1 Å². The van der Waals surface area contributed by atoms with E-state index in [4.69, 9.17) is 16.7 Å². The van der Waals surface area contributed by atoms with Gasteiger partial charge in [-0.3, -0.25) is 9.59 Å². The molecule has 4 nitrogen and oxygen atoms in total. The SMILES string of the molecule is O=C(O)CN(CC(F)(F)F)C(=O)c1sccc1Cl. The van der Waals surface area contributed by atoms with Crippen LogP contribution in [0.15, 0.2) is 11.4 Å². The van der Waals surface area contributed by atoms with Crippen LogP contribution in [0.5, 0.6) is 0 Å². The summed E-state index contributed by atoms with van der Waals surface area (Å²) in [5.41, 5.74) is 0. The lowest BCUT2D eigenvalue weighted by molar-refractivity contribution is -0.149. The van der Waals surface area contributed by atoms with Crippen molar-refractivity contribution in [3.8, 4) is 0 Å². The molecule has 0 radical (unpaired) electrons. The van der Waals surface area contributed by atoms with Gasteiger partial charge in [0.25, 0.3) is 5.91 Å². The Hall–Kier alpha value is -1.28. The van der Waals surface area contributed by atoms with Crippen molar-refractivity contribution >= 4 is 34.8 Å². The van der Waals surface area contributed by atoms with Crippen molar-refractivity contribution in [1.82, 2.24) is 4.90 Å². The number of aliphatic carboxylic acids is 1. The van der Waals surface area contributed by atoms with Crippen molar-refractivity contribution in [2.24, 2.45) is 0 Å². The van der Waals surface area contributed by atoms with E-state index in [0.29, 0.717) is 0 Å². The van der Waals surface area contributed by atoms with Crippen LogP contribution in [0.3, 0.4) is 0 Å². The number of hydrogen-bond acceptors (Lipinski definition) is 3. The molecule has 0 unspecified atom stereocenters. The van der Waals surface area contributed by atoms with Gasteiger partial charge in [-0.2, -0.15) is 13.2 Å². The average Bonchev–Trinajstić information content (AvgIpc) is 2.59. The fourth-order valence-corrected chi connectivity index (χ4v) is 2.27. The summed E-state index contributed by atoms with van der Waals surface area (Å²) in [6, 6.07) is 1.35. The number of nitrogens with zero attached hydrogens (tertiary/aromatic N) is 1. The first kappa shape index (κ1) is 14.8. The smallest absolute Gasteiger partial charge is 0.406 e. The number of hydrogen-bond donors (Lipinski definition) is 1. The summed E-state index contributed by atoms with van der Waals surface area (Å²) < 4.78 is 36.7. The van der Waals surface area contributed by atoms with E-state index in [9.17, 15) is 22.8 Å². The first-order chi connectivity index (χ1) is 8.20. The summed E-state index contributed by atoms with van der Waals surface area (Å²) in [6.07, 6.45) is -4.67. The molecule has 0 aliphatic heterocycles. The van der Waals surface area contributed by atoms with E-state index in [0.717, 1.165) is 11.3 Å². The fourth-order valence-electron chi connectivity index (χ4n) is 1.17. The monoisotopic (exact) mass is 301 g/mol. The standard InChI is InChI=1S/C9H7ClF3NO3S/c10-5-1-2-18-7(5)8(17)14(3-6(15)16)4-9(11,12)13/h1-2H,3-4H2,(H,15,16). The second-order valence-electron chi connectivity index (χ2n) is 3.27. The molecule has 0 saturated heterocycles. The molecule has 0 bridgehead atoms. The van der Waals surface area contributed by atoms with E-state index in [1.54, 1.807) is 0 Å². The largest absolute Gasteiger partial charge is 0.480 e. The topological polar surface area (TPSA) is 57.6 Å². The number of carbonyl (C=O) groups excluding carboxylic acids is 1. The summed E-state index contributed by atoms with van der Waals surface area (Å²) in [4.78, 5) is 22.3. The normalized spacial score (nSPS) is 11.3. The summed E-state index contributed by atoms with van der Waals surface area (Å²) in [5.74, 6) is -2.57. The predicted molar refractivity (Wildman–Crippen MR) is 58.9 cm³/mol. The van der Waals surface area contributed by atoms with Crippen LogP contribution in [0, 0.1) is 0 Å². The van der Waals surface area contributed by atoms with Gasteiger partial charge >= 0.3 is 12.1 Å². The zero-order chi connectivity index (χ0) is 13.9. The maximum atomic E-state index is 12.2. The zero-order valence-electron chi connectivity index (χ0n) is 8.70. The second-order valence-corrected chi connectivity index (χ2v) is 4.59. The predicted octanol–water partition coefficient (Wildman–Crippen LogP) is 2.49. The highest BCUT2D eigenvalue weighted by Gasteiger charge is 2.35. The van der Waals surface area contributed by atoms with Gasteiger partial charge in [-0.1, -0.05) is 11.6 Å². The molecule has 1 rings (SSSR count). The number of carboxylic acids is 1. The lowest BCUT2D eigenvalue weighted by Gasteiger charge is -2.21. The van der Waals surface area contributed by atoms with Crippen molar-refractivity contribution in [3.63, 3.8) is 0 Å². The highest BCUT2D eigenvalue weighted by atomic mass is 35.5. The van der Waals surface area contributed by atoms with Crippen LogP contribution < -0.4 is 0 Å².